The van der Waals surface area contributed by atoms with Crippen LogP contribution in [0.4, 0.5) is 0 Å². The molecule has 3 fully saturated rings. The van der Waals surface area contributed by atoms with Crippen molar-refractivity contribution in [3.63, 3.8) is 0 Å². The lowest BCUT2D eigenvalue weighted by molar-refractivity contribution is 0.0390. The summed E-state index contributed by atoms with van der Waals surface area (Å²) in [6.07, 6.45) is 16.5. The molecule has 0 aromatic carbocycles. The molecular formula is C31H52O3. The maximum atomic E-state index is 10.4. The van der Waals surface area contributed by atoms with Gasteiger partial charge in [-0.05, 0) is 105 Å². The molecule has 0 bridgehead atoms. The molecule has 7 atom stereocenters. The lowest BCUT2D eigenvalue weighted by atomic mass is 9.59. The summed E-state index contributed by atoms with van der Waals surface area (Å²) < 4.78 is 0. The first-order valence-electron chi connectivity index (χ1n) is 14.1. The van der Waals surface area contributed by atoms with E-state index in [1.165, 1.54) is 51.4 Å². The molecule has 1 unspecified atom stereocenters. The number of aliphatic hydroxyl groups excluding tert-OH is 2. The van der Waals surface area contributed by atoms with Gasteiger partial charge in [-0.25, -0.2) is 0 Å². The van der Waals surface area contributed by atoms with Gasteiger partial charge in [0.15, 0.2) is 0 Å². The Hall–Kier alpha value is -0.900. The first-order chi connectivity index (χ1) is 16.0. The summed E-state index contributed by atoms with van der Waals surface area (Å²) in [4.78, 5) is 0. The lowest BCUT2D eigenvalue weighted by Crippen LogP contribution is -2.38. The van der Waals surface area contributed by atoms with E-state index in [1.807, 2.05) is 13.8 Å². The van der Waals surface area contributed by atoms with E-state index >= 15 is 0 Å². The minimum absolute atomic E-state index is 0.351. The van der Waals surface area contributed by atoms with Crippen molar-refractivity contribution in [2.75, 3.05) is 0 Å². The molecule has 0 aliphatic heterocycles. The summed E-state index contributed by atoms with van der Waals surface area (Å²) in [5.41, 5.74) is 3.14. The number of hydrogen-bond donors (Lipinski definition) is 3. The van der Waals surface area contributed by atoms with Crippen molar-refractivity contribution < 1.29 is 15.3 Å². The Morgan fingerprint density at radius 2 is 1.91 bits per heavy atom. The first-order valence-corrected chi connectivity index (χ1v) is 14.1. The molecule has 194 valence electrons. The smallest absolute Gasteiger partial charge is 0.0811 e. The molecule has 3 saturated carbocycles. The Bertz CT molecular complexity index is 757. The first kappa shape index (κ1) is 27.7. The van der Waals surface area contributed by atoms with E-state index in [-0.39, 0.29) is 0 Å². The third-order valence-electron chi connectivity index (χ3n) is 9.74. The number of hydrogen-bond acceptors (Lipinski definition) is 3. The Kier molecular flexibility index (Phi) is 9.31. The molecule has 0 aromatic heterocycles. The van der Waals surface area contributed by atoms with Crippen molar-refractivity contribution >= 4 is 0 Å². The van der Waals surface area contributed by atoms with Crippen molar-refractivity contribution in [1.29, 1.82) is 0 Å². The highest BCUT2D eigenvalue weighted by molar-refractivity contribution is 5.38. The van der Waals surface area contributed by atoms with Crippen molar-refractivity contribution in [1.82, 2.24) is 0 Å². The second kappa shape index (κ2) is 11.4. The van der Waals surface area contributed by atoms with E-state index in [0.29, 0.717) is 36.0 Å². The number of rotatable bonds is 9. The van der Waals surface area contributed by atoms with Crippen molar-refractivity contribution in [2.24, 2.45) is 29.1 Å². The van der Waals surface area contributed by atoms with Crippen LogP contribution < -0.4 is 0 Å². The summed E-state index contributed by atoms with van der Waals surface area (Å²) in [7, 11) is 0. The predicted octanol–water partition coefficient (Wildman–Crippen LogP) is 7.12. The van der Waals surface area contributed by atoms with Crippen molar-refractivity contribution in [3.8, 4) is 0 Å². The van der Waals surface area contributed by atoms with Gasteiger partial charge in [-0.2, -0.15) is 0 Å². The van der Waals surface area contributed by atoms with E-state index in [4.69, 9.17) is 0 Å². The Morgan fingerprint density at radius 3 is 2.59 bits per heavy atom. The molecule has 0 spiro atoms. The summed E-state index contributed by atoms with van der Waals surface area (Å²) in [6.45, 7) is 15.4. The summed E-state index contributed by atoms with van der Waals surface area (Å²) in [5, 5.41) is 30.7. The highest BCUT2D eigenvalue weighted by atomic mass is 16.3. The third-order valence-corrected chi connectivity index (χ3v) is 9.74. The Labute approximate surface area is 209 Å². The average molecular weight is 473 g/mol. The molecule has 3 aliphatic rings. The largest absolute Gasteiger partial charge is 0.393 e. The minimum Gasteiger partial charge on any atom is -0.393 e. The molecule has 3 aliphatic carbocycles. The van der Waals surface area contributed by atoms with Crippen LogP contribution in [0.1, 0.15) is 112 Å². The second-order valence-electron chi connectivity index (χ2n) is 12.8. The van der Waals surface area contributed by atoms with E-state index in [0.717, 1.165) is 29.9 Å². The van der Waals surface area contributed by atoms with Crippen LogP contribution in [-0.4, -0.2) is 33.1 Å². The normalized spacial score (nSPS) is 36.6. The molecule has 0 saturated heterocycles. The van der Waals surface area contributed by atoms with Crippen LogP contribution in [-0.2, 0) is 0 Å². The van der Waals surface area contributed by atoms with Gasteiger partial charge >= 0.3 is 0 Å². The average Bonchev–Trinajstić information content (AvgIpc) is 3.11. The third kappa shape index (κ3) is 6.45. The Morgan fingerprint density at radius 1 is 1.18 bits per heavy atom. The van der Waals surface area contributed by atoms with Gasteiger partial charge in [0.05, 0.1) is 17.8 Å². The molecule has 3 heteroatoms. The van der Waals surface area contributed by atoms with Crippen LogP contribution in [0.2, 0.25) is 0 Å². The molecule has 3 nitrogen and oxygen atoms in total. The van der Waals surface area contributed by atoms with Crippen LogP contribution in [0.15, 0.2) is 35.5 Å². The van der Waals surface area contributed by atoms with Crippen molar-refractivity contribution in [2.45, 2.75) is 129 Å². The van der Waals surface area contributed by atoms with Gasteiger partial charge < -0.3 is 15.3 Å². The number of aliphatic hydroxyl groups is 3. The van der Waals surface area contributed by atoms with Crippen LogP contribution in [0.25, 0.3) is 0 Å². The molecule has 3 rings (SSSR count). The molecule has 0 amide bonds. The van der Waals surface area contributed by atoms with Gasteiger partial charge in [0.2, 0.25) is 0 Å². The zero-order chi connectivity index (χ0) is 25.1. The topological polar surface area (TPSA) is 60.7 Å². The highest BCUT2D eigenvalue weighted by Crippen LogP contribution is 2.60. The fourth-order valence-electron chi connectivity index (χ4n) is 7.61. The zero-order valence-corrected chi connectivity index (χ0v) is 22.7. The van der Waals surface area contributed by atoms with Gasteiger partial charge in [0.1, 0.15) is 0 Å². The van der Waals surface area contributed by atoms with Crippen LogP contribution >= 0.6 is 0 Å². The zero-order valence-electron chi connectivity index (χ0n) is 22.7. The van der Waals surface area contributed by atoms with Gasteiger partial charge in [0, 0.05) is 6.42 Å². The molecule has 0 aromatic rings. The lowest BCUT2D eigenvalue weighted by Gasteiger charge is -2.46. The molecular weight excluding hydrogens is 420 g/mol. The summed E-state index contributed by atoms with van der Waals surface area (Å²) in [5.74, 6) is 2.76. The monoisotopic (exact) mass is 472 g/mol. The number of unbranched alkanes of at least 4 members (excludes halogenated alkanes) is 1. The summed E-state index contributed by atoms with van der Waals surface area (Å²) >= 11 is 0. The highest BCUT2D eigenvalue weighted by Gasteiger charge is 2.51. The molecule has 34 heavy (non-hydrogen) atoms. The predicted molar refractivity (Wildman–Crippen MR) is 142 cm³/mol. The molecule has 0 radical (unpaired) electrons. The fraction of sp³-hybridized carbons (Fsp3) is 0.806. The number of fused-ring (bicyclic) bond motifs is 1. The SMILES string of the molecule is C=C1/C(=C\C=C2/CCC[C@@]3(C)C2CC[C@@H]3[C@@H](C)[C@H](CCCC)CCC(C)(C)O)C[C@@H](O)C[C@@H]1O. The maximum absolute atomic E-state index is 10.4. The fourth-order valence-corrected chi connectivity index (χ4v) is 7.61. The van der Waals surface area contributed by atoms with Gasteiger partial charge in [-0.3, -0.25) is 0 Å². The van der Waals surface area contributed by atoms with E-state index in [2.05, 4.69) is 39.5 Å². The second-order valence-corrected chi connectivity index (χ2v) is 12.8. The molecule has 0 heterocycles. The molecule has 3 N–H and O–H groups in total. The van der Waals surface area contributed by atoms with Crippen LogP contribution in [0, 0.1) is 29.1 Å². The van der Waals surface area contributed by atoms with E-state index < -0.39 is 17.8 Å². The number of allylic oxidation sites excluding steroid dienone is 3. The standard InChI is InChI=1S/C31H52O3/c1-7-8-10-23(16-18-30(4,5)34)21(2)27-14-15-28-24(11-9-17-31(27,28)6)12-13-25-19-26(32)20-29(33)22(25)3/h12-13,21,23,26-29,32-34H,3,7-11,14-20H2,1-2,4-6H3/b24-12+,25-13-/t21-,23+,26+,27+,28?,29-,31+/m0/s1. The van der Waals surface area contributed by atoms with Gasteiger partial charge in [-0.1, -0.05) is 64.3 Å². The Balaban J connectivity index is 1.77. The van der Waals surface area contributed by atoms with Gasteiger partial charge in [-0.15, -0.1) is 0 Å². The minimum atomic E-state index is -0.620. The van der Waals surface area contributed by atoms with E-state index in [9.17, 15) is 15.3 Å². The maximum Gasteiger partial charge on any atom is 0.0811 e. The van der Waals surface area contributed by atoms with E-state index in [1.54, 1.807) is 5.57 Å². The van der Waals surface area contributed by atoms with Crippen molar-refractivity contribution in [3.05, 3.63) is 35.5 Å². The van der Waals surface area contributed by atoms with Crippen LogP contribution in [0.3, 0.4) is 0 Å². The van der Waals surface area contributed by atoms with Gasteiger partial charge in [0.25, 0.3) is 0 Å². The summed E-state index contributed by atoms with van der Waals surface area (Å²) in [6, 6.07) is 0. The quantitative estimate of drug-likeness (QED) is 0.335. The van der Waals surface area contributed by atoms with Crippen LogP contribution in [0.5, 0.6) is 0 Å².